The van der Waals surface area contributed by atoms with E-state index < -0.39 is 45.0 Å². The Bertz CT molecular complexity index is 3980. The number of nitrogens with zero attached hydrogens (tertiary/aromatic N) is 6. The summed E-state index contributed by atoms with van der Waals surface area (Å²) in [6.07, 6.45) is 0. The lowest BCUT2D eigenvalue weighted by molar-refractivity contribution is 0.415. The first-order valence-corrected chi connectivity index (χ1v) is 24.3. The van der Waals surface area contributed by atoms with Gasteiger partial charge in [-0.1, -0.05) is 48.5 Å². The van der Waals surface area contributed by atoms with E-state index in [1.165, 1.54) is 54.6 Å². The number of phenols is 1. The molecule has 0 fully saturated rings. The van der Waals surface area contributed by atoms with Crippen LogP contribution >= 0.6 is 0 Å². The SMILES string of the molecule is COc1ccc(Nc2ccc3c(O)c(N=Nc4ccc(N=Nc5ccc(N=Nc6c(S(=O)(=O)O)ccc7ccccc67)c6ccc(S(=O)(=O)O)cc56)c5ccc(S(=O)(=O)O)cc45)ccc3c2)cc1. The third-order valence-corrected chi connectivity index (χ3v) is 13.3. The van der Waals surface area contributed by atoms with Gasteiger partial charge in [0.15, 0.2) is 5.75 Å². The van der Waals surface area contributed by atoms with Gasteiger partial charge in [-0.15, -0.1) is 30.7 Å². The topological polar surface area (TPSA) is 279 Å². The fraction of sp³-hybridized carbons (Fsp3) is 0.0213. The number of nitrogens with one attached hydrogen (secondary N) is 1. The molecule has 340 valence electrons. The van der Waals surface area contributed by atoms with Crippen LogP contribution in [0.1, 0.15) is 0 Å². The van der Waals surface area contributed by atoms with E-state index in [0.29, 0.717) is 32.7 Å². The van der Waals surface area contributed by atoms with Crippen molar-refractivity contribution in [2.45, 2.75) is 14.7 Å². The Morgan fingerprint density at radius 2 is 0.912 bits per heavy atom. The Labute approximate surface area is 386 Å². The highest BCUT2D eigenvalue weighted by Crippen LogP contribution is 2.42. The molecule has 0 bridgehead atoms. The molecule has 18 nitrogen and oxygen atoms in total. The summed E-state index contributed by atoms with van der Waals surface area (Å²) in [5, 5.41) is 43.5. The molecule has 9 aromatic carbocycles. The molecular weight excluding hydrogens is 935 g/mol. The normalized spacial score (nSPS) is 12.6. The van der Waals surface area contributed by atoms with E-state index in [-0.39, 0.29) is 56.0 Å². The number of benzene rings is 9. The van der Waals surface area contributed by atoms with Crippen molar-refractivity contribution in [2.24, 2.45) is 30.7 Å². The molecule has 68 heavy (non-hydrogen) atoms. The lowest BCUT2D eigenvalue weighted by Crippen LogP contribution is -1.98. The summed E-state index contributed by atoms with van der Waals surface area (Å²) in [5.41, 5.74) is 2.05. The summed E-state index contributed by atoms with van der Waals surface area (Å²) in [6, 6.07) is 38.7. The molecule has 0 amide bonds. The molecule has 0 heterocycles. The second kappa shape index (κ2) is 17.6. The van der Waals surface area contributed by atoms with E-state index in [0.717, 1.165) is 29.6 Å². The van der Waals surface area contributed by atoms with Crippen molar-refractivity contribution in [3.8, 4) is 11.5 Å². The molecule has 0 spiro atoms. The maximum Gasteiger partial charge on any atom is 0.296 e. The predicted octanol–water partition coefficient (Wildman–Crippen LogP) is 12.7. The lowest BCUT2D eigenvalue weighted by Gasteiger charge is -2.10. The minimum absolute atomic E-state index is 0.0788. The maximum atomic E-state index is 12.3. The van der Waals surface area contributed by atoms with Crippen LogP contribution in [0.2, 0.25) is 0 Å². The van der Waals surface area contributed by atoms with Crippen molar-refractivity contribution in [1.29, 1.82) is 0 Å². The highest BCUT2D eigenvalue weighted by atomic mass is 32.2. The van der Waals surface area contributed by atoms with Gasteiger partial charge in [0.2, 0.25) is 0 Å². The van der Waals surface area contributed by atoms with Crippen LogP contribution < -0.4 is 10.1 Å². The van der Waals surface area contributed by atoms with Gasteiger partial charge in [-0.25, -0.2) is 0 Å². The van der Waals surface area contributed by atoms with E-state index in [4.69, 9.17) is 4.74 Å². The number of aromatic hydroxyl groups is 1. The Hall–Kier alpha value is -8.05. The zero-order valence-corrected chi connectivity index (χ0v) is 37.4. The fourth-order valence-corrected chi connectivity index (χ4v) is 9.08. The number of rotatable bonds is 12. The molecule has 0 aliphatic heterocycles. The molecule has 9 rings (SSSR count). The van der Waals surface area contributed by atoms with Gasteiger partial charge in [0.05, 0.1) is 39.7 Å². The van der Waals surface area contributed by atoms with Crippen LogP contribution in [0, 0.1) is 0 Å². The minimum Gasteiger partial charge on any atom is -0.505 e. The predicted molar refractivity (Wildman–Crippen MR) is 256 cm³/mol. The highest BCUT2D eigenvalue weighted by molar-refractivity contribution is 7.86. The summed E-state index contributed by atoms with van der Waals surface area (Å²) >= 11 is 0. The van der Waals surface area contributed by atoms with Crippen LogP contribution in [0.4, 0.5) is 45.5 Å². The molecule has 0 saturated heterocycles. The number of hydrogen-bond acceptors (Lipinski definition) is 15. The van der Waals surface area contributed by atoms with E-state index in [9.17, 15) is 44.0 Å². The summed E-state index contributed by atoms with van der Waals surface area (Å²) in [4.78, 5) is -1.43. The third-order valence-electron chi connectivity index (χ3n) is 10.8. The van der Waals surface area contributed by atoms with Crippen LogP contribution in [0.25, 0.3) is 43.1 Å². The van der Waals surface area contributed by atoms with Crippen LogP contribution in [0.15, 0.2) is 197 Å². The number of methoxy groups -OCH3 is 1. The Morgan fingerprint density at radius 1 is 0.426 bits per heavy atom. The van der Waals surface area contributed by atoms with Crippen molar-refractivity contribution in [1.82, 2.24) is 0 Å². The number of anilines is 2. The Morgan fingerprint density at radius 3 is 1.47 bits per heavy atom. The first-order chi connectivity index (χ1) is 32.4. The summed E-state index contributed by atoms with van der Waals surface area (Å²) in [7, 11) is -12.6. The second-order valence-corrected chi connectivity index (χ2v) is 19.2. The zero-order chi connectivity index (χ0) is 48.0. The molecule has 21 heteroatoms. The first-order valence-electron chi connectivity index (χ1n) is 19.9. The minimum atomic E-state index is -4.74. The molecule has 0 saturated carbocycles. The van der Waals surface area contributed by atoms with Crippen molar-refractivity contribution in [2.75, 3.05) is 12.4 Å². The smallest absolute Gasteiger partial charge is 0.296 e. The van der Waals surface area contributed by atoms with Crippen LogP contribution in [-0.2, 0) is 30.4 Å². The molecule has 0 aliphatic carbocycles. The number of phenolic OH excluding ortho intramolecular Hbond substituents is 1. The Kier molecular flexibility index (Phi) is 11.7. The molecule has 0 atom stereocenters. The van der Waals surface area contributed by atoms with Gasteiger partial charge < -0.3 is 15.2 Å². The Balaban J connectivity index is 1.08. The van der Waals surface area contributed by atoms with Crippen LogP contribution in [0.3, 0.4) is 0 Å². The molecule has 5 N–H and O–H groups in total. The van der Waals surface area contributed by atoms with Crippen molar-refractivity contribution >= 4 is 119 Å². The average Bonchev–Trinajstić information content (AvgIpc) is 3.31. The third kappa shape index (κ3) is 9.20. The molecule has 0 unspecified atom stereocenters. The number of ether oxygens (including phenoxy) is 1. The van der Waals surface area contributed by atoms with Crippen LogP contribution in [-0.4, -0.2) is 51.1 Å². The molecule has 9 aromatic rings. The van der Waals surface area contributed by atoms with Gasteiger partial charge in [-0.2, -0.15) is 25.3 Å². The van der Waals surface area contributed by atoms with E-state index in [2.05, 4.69) is 36.0 Å². The van der Waals surface area contributed by atoms with Gasteiger partial charge in [-0.05, 0) is 114 Å². The van der Waals surface area contributed by atoms with Crippen molar-refractivity contribution < 1.29 is 48.8 Å². The monoisotopic (exact) mass is 967 g/mol. The van der Waals surface area contributed by atoms with Crippen molar-refractivity contribution in [3.63, 3.8) is 0 Å². The van der Waals surface area contributed by atoms with E-state index in [1.54, 1.807) is 55.6 Å². The standard InChI is InChI=1S/C47H33N7O11S3/c1-65-31-11-8-29(9-12-31)48-30-10-15-35-28(24-30)6-18-44(47(35)55)53-51-43-21-19-40(36-16-13-32(25-38(36)43)66(56,57)58)49-50-42-22-20-41(37-17-14-33(26-39(37)42)67(59,60)61)52-54-46-34-5-3-2-4-27(34)7-23-45(46)68(62,63)64/h2-26,48,55H,1H3,(H,56,57,58)(H,59,60,61)(H,62,63,64). The van der Waals surface area contributed by atoms with E-state index >= 15 is 0 Å². The first kappa shape index (κ1) is 45.1. The van der Waals surface area contributed by atoms with Gasteiger partial charge in [0, 0.05) is 43.7 Å². The zero-order valence-electron chi connectivity index (χ0n) is 35.0. The number of fused-ring (bicyclic) bond motifs is 4. The van der Waals surface area contributed by atoms with Crippen LogP contribution in [0.5, 0.6) is 11.5 Å². The van der Waals surface area contributed by atoms with Crippen molar-refractivity contribution in [3.05, 3.63) is 152 Å². The summed E-state index contributed by atoms with van der Waals surface area (Å²) in [5.74, 6) is 0.552. The van der Waals surface area contributed by atoms with Gasteiger partial charge in [-0.3, -0.25) is 13.7 Å². The maximum absolute atomic E-state index is 12.3. The molecule has 0 aromatic heterocycles. The summed E-state index contributed by atoms with van der Waals surface area (Å²) in [6.45, 7) is 0. The van der Waals surface area contributed by atoms with E-state index in [1.807, 2.05) is 30.3 Å². The quantitative estimate of drug-likeness (QED) is 0.0564. The number of hydrogen-bond donors (Lipinski definition) is 5. The fourth-order valence-electron chi connectivity index (χ4n) is 7.43. The van der Waals surface area contributed by atoms with Gasteiger partial charge >= 0.3 is 0 Å². The molecule has 0 radical (unpaired) electrons. The molecular formula is C47H33N7O11S3. The summed E-state index contributed by atoms with van der Waals surface area (Å²) < 4.78 is 109. The van der Waals surface area contributed by atoms with Gasteiger partial charge in [0.25, 0.3) is 30.4 Å². The lowest BCUT2D eigenvalue weighted by atomic mass is 10.1. The largest absolute Gasteiger partial charge is 0.505 e. The average molecular weight is 968 g/mol. The highest BCUT2D eigenvalue weighted by Gasteiger charge is 2.20. The number of azo groups is 3. The van der Waals surface area contributed by atoms with Gasteiger partial charge in [0.1, 0.15) is 22.0 Å². The molecule has 0 aliphatic rings. The second-order valence-electron chi connectivity index (χ2n) is 15.0.